The Kier molecular flexibility index (Phi) is 8.09. The molecule has 1 atom stereocenters. The van der Waals surface area contributed by atoms with E-state index in [2.05, 4.69) is 5.32 Å². The minimum absolute atomic E-state index is 0.360. The lowest BCUT2D eigenvalue weighted by Gasteiger charge is -2.18. The molecule has 7 nitrogen and oxygen atoms in total. The van der Waals surface area contributed by atoms with Crippen molar-refractivity contribution in [3.05, 3.63) is 59.7 Å². The number of nitrogens with one attached hydrogen (secondary N) is 1. The number of carbonyl (C=O) groups excluding carboxylic acids is 2. The fraction of sp³-hybridized carbons (Fsp3) is 0.273. The van der Waals surface area contributed by atoms with E-state index in [0.29, 0.717) is 11.5 Å². The fourth-order valence-electron chi connectivity index (χ4n) is 2.60. The maximum Gasteiger partial charge on any atom is 0.331 e. The van der Waals surface area contributed by atoms with Crippen LogP contribution in [0.5, 0.6) is 17.2 Å². The van der Waals surface area contributed by atoms with Crippen molar-refractivity contribution in [1.29, 1.82) is 0 Å². The van der Waals surface area contributed by atoms with E-state index < -0.39 is 11.9 Å². The van der Waals surface area contributed by atoms with Gasteiger partial charge in [-0.05, 0) is 48.9 Å². The van der Waals surface area contributed by atoms with E-state index >= 15 is 0 Å². The number of hydrogen-bond acceptors (Lipinski definition) is 6. The molecule has 0 aliphatic heterocycles. The molecule has 0 fully saturated rings. The van der Waals surface area contributed by atoms with Crippen molar-refractivity contribution in [2.75, 3.05) is 27.9 Å². The molecule has 29 heavy (non-hydrogen) atoms. The summed E-state index contributed by atoms with van der Waals surface area (Å²) >= 11 is 0. The molecule has 0 aliphatic rings. The van der Waals surface area contributed by atoms with Crippen LogP contribution in [0.4, 0.5) is 0 Å². The van der Waals surface area contributed by atoms with Crippen molar-refractivity contribution in [1.82, 2.24) is 5.32 Å². The van der Waals surface area contributed by atoms with Crippen LogP contribution in [0.2, 0.25) is 0 Å². The van der Waals surface area contributed by atoms with Gasteiger partial charge in [-0.15, -0.1) is 0 Å². The first-order valence-corrected chi connectivity index (χ1v) is 8.97. The Morgan fingerprint density at radius 3 is 2.24 bits per heavy atom. The summed E-state index contributed by atoms with van der Waals surface area (Å²) in [5, 5.41) is 2.77. The van der Waals surface area contributed by atoms with Crippen molar-refractivity contribution >= 4 is 18.0 Å². The lowest BCUT2D eigenvalue weighted by molar-refractivity contribution is -0.144. The van der Waals surface area contributed by atoms with Gasteiger partial charge in [0.1, 0.15) is 17.2 Å². The van der Waals surface area contributed by atoms with Gasteiger partial charge in [-0.25, -0.2) is 4.79 Å². The highest BCUT2D eigenvalue weighted by Crippen LogP contribution is 2.29. The van der Waals surface area contributed by atoms with E-state index in [0.717, 1.165) is 16.9 Å². The number of rotatable bonds is 9. The molecule has 0 bridgehead atoms. The average Bonchev–Trinajstić information content (AvgIpc) is 2.75. The molecule has 1 amide bonds. The molecule has 2 aromatic rings. The molecule has 7 heteroatoms. The third kappa shape index (κ3) is 6.57. The lowest BCUT2D eigenvalue weighted by atomic mass is 10.1. The lowest BCUT2D eigenvalue weighted by Crippen LogP contribution is -2.31. The molecule has 0 saturated carbocycles. The van der Waals surface area contributed by atoms with Crippen molar-refractivity contribution in [3.8, 4) is 17.2 Å². The largest absolute Gasteiger partial charge is 0.497 e. The molecule has 2 rings (SSSR count). The monoisotopic (exact) mass is 399 g/mol. The van der Waals surface area contributed by atoms with Crippen LogP contribution in [0.1, 0.15) is 24.1 Å². The van der Waals surface area contributed by atoms with E-state index in [1.54, 1.807) is 76.8 Å². The van der Waals surface area contributed by atoms with Crippen LogP contribution in [-0.2, 0) is 14.3 Å². The minimum atomic E-state index is -0.609. The number of benzene rings is 2. The van der Waals surface area contributed by atoms with E-state index in [-0.39, 0.29) is 12.6 Å². The van der Waals surface area contributed by atoms with Crippen molar-refractivity contribution in [2.24, 2.45) is 0 Å². The molecule has 2 aromatic carbocycles. The summed E-state index contributed by atoms with van der Waals surface area (Å²) in [6.07, 6.45) is 2.87. The zero-order valence-electron chi connectivity index (χ0n) is 16.9. The highest BCUT2D eigenvalue weighted by Gasteiger charge is 2.16. The van der Waals surface area contributed by atoms with Gasteiger partial charge in [-0.3, -0.25) is 4.79 Å². The highest BCUT2D eigenvalue weighted by molar-refractivity contribution is 5.89. The second kappa shape index (κ2) is 10.8. The van der Waals surface area contributed by atoms with Crippen LogP contribution in [-0.4, -0.2) is 39.8 Å². The summed E-state index contributed by atoms with van der Waals surface area (Å²) in [6, 6.07) is 12.1. The van der Waals surface area contributed by atoms with Crippen molar-refractivity contribution in [2.45, 2.75) is 13.0 Å². The molecule has 0 aromatic heterocycles. The fourth-order valence-corrected chi connectivity index (χ4v) is 2.60. The van der Waals surface area contributed by atoms with Crippen molar-refractivity contribution in [3.63, 3.8) is 0 Å². The molecule has 0 spiro atoms. The second-order valence-corrected chi connectivity index (χ2v) is 6.11. The number of esters is 1. The number of amides is 1. The SMILES string of the molecule is COc1ccc(/C=C/C(=O)OCC(=O)N[C@@H](C)c2cc(OC)ccc2OC)cc1. The summed E-state index contributed by atoms with van der Waals surface area (Å²) in [5.74, 6) is 0.967. The summed E-state index contributed by atoms with van der Waals surface area (Å²) in [4.78, 5) is 24.0. The van der Waals surface area contributed by atoms with Crippen LogP contribution in [0.25, 0.3) is 6.08 Å². The van der Waals surface area contributed by atoms with Crippen LogP contribution in [0.15, 0.2) is 48.5 Å². The van der Waals surface area contributed by atoms with Gasteiger partial charge in [0.2, 0.25) is 0 Å². The average molecular weight is 399 g/mol. The normalized spacial score (nSPS) is 11.6. The maximum absolute atomic E-state index is 12.1. The Hall–Kier alpha value is -3.48. The Morgan fingerprint density at radius 1 is 0.966 bits per heavy atom. The quantitative estimate of drug-likeness (QED) is 0.515. The zero-order valence-corrected chi connectivity index (χ0v) is 16.9. The summed E-state index contributed by atoms with van der Waals surface area (Å²) in [6.45, 7) is 1.42. The smallest absolute Gasteiger partial charge is 0.331 e. The van der Waals surface area contributed by atoms with E-state index in [9.17, 15) is 9.59 Å². The number of ether oxygens (including phenoxy) is 4. The molecule has 0 heterocycles. The molecular weight excluding hydrogens is 374 g/mol. The Bertz CT molecular complexity index is 860. The van der Waals surface area contributed by atoms with Gasteiger partial charge < -0.3 is 24.3 Å². The second-order valence-electron chi connectivity index (χ2n) is 6.11. The Morgan fingerprint density at radius 2 is 1.62 bits per heavy atom. The third-order valence-electron chi connectivity index (χ3n) is 4.15. The minimum Gasteiger partial charge on any atom is -0.497 e. The van der Waals surface area contributed by atoms with Crippen LogP contribution in [0, 0.1) is 0 Å². The number of methoxy groups -OCH3 is 3. The molecular formula is C22H25NO6. The first-order chi connectivity index (χ1) is 14.0. The van der Waals surface area contributed by atoms with Gasteiger partial charge in [-0.1, -0.05) is 12.1 Å². The molecule has 0 aliphatic carbocycles. The standard InChI is InChI=1S/C22H25NO6/c1-15(19-13-18(27-3)10-11-20(19)28-4)23-21(24)14-29-22(25)12-7-16-5-8-17(26-2)9-6-16/h5-13,15H,14H2,1-4H3,(H,23,24)/b12-7+/t15-/m0/s1. The maximum atomic E-state index is 12.1. The third-order valence-corrected chi connectivity index (χ3v) is 4.15. The summed E-state index contributed by atoms with van der Waals surface area (Å²) in [7, 11) is 4.70. The van der Waals surface area contributed by atoms with Gasteiger partial charge >= 0.3 is 5.97 Å². The molecule has 1 N–H and O–H groups in total. The van der Waals surface area contributed by atoms with E-state index in [1.807, 2.05) is 0 Å². The number of carbonyl (C=O) groups is 2. The Balaban J connectivity index is 1.87. The predicted octanol–water partition coefficient (Wildman–Crippen LogP) is 3.15. The van der Waals surface area contributed by atoms with Gasteiger partial charge in [0.25, 0.3) is 5.91 Å². The van der Waals surface area contributed by atoms with Gasteiger partial charge in [0.05, 0.1) is 27.4 Å². The molecule has 0 saturated heterocycles. The van der Waals surface area contributed by atoms with Crippen LogP contribution in [0.3, 0.4) is 0 Å². The first kappa shape index (κ1) is 21.8. The van der Waals surface area contributed by atoms with E-state index in [4.69, 9.17) is 18.9 Å². The van der Waals surface area contributed by atoms with Crippen LogP contribution < -0.4 is 19.5 Å². The Labute approximate surface area is 170 Å². The van der Waals surface area contributed by atoms with Gasteiger partial charge in [0, 0.05) is 11.6 Å². The molecule has 154 valence electrons. The summed E-state index contributed by atoms with van der Waals surface area (Å²) in [5.41, 5.74) is 1.57. The molecule has 0 unspecified atom stereocenters. The number of hydrogen-bond donors (Lipinski definition) is 1. The van der Waals surface area contributed by atoms with Gasteiger partial charge in [-0.2, -0.15) is 0 Å². The summed E-state index contributed by atoms with van der Waals surface area (Å²) < 4.78 is 20.6. The predicted molar refractivity (Wildman–Crippen MR) is 109 cm³/mol. The molecule has 0 radical (unpaired) electrons. The van der Waals surface area contributed by atoms with Crippen molar-refractivity contribution < 1.29 is 28.5 Å². The van der Waals surface area contributed by atoms with E-state index in [1.165, 1.54) is 6.08 Å². The van der Waals surface area contributed by atoms with Crippen LogP contribution >= 0.6 is 0 Å². The topological polar surface area (TPSA) is 83.1 Å². The van der Waals surface area contributed by atoms with Gasteiger partial charge in [0.15, 0.2) is 6.61 Å². The zero-order chi connectivity index (χ0) is 21.2. The first-order valence-electron chi connectivity index (χ1n) is 8.97. The highest BCUT2D eigenvalue weighted by atomic mass is 16.5.